The van der Waals surface area contributed by atoms with Crippen LogP contribution in [0, 0.1) is 0 Å². The fraction of sp³-hybridized carbons (Fsp3) is 0.600. The highest BCUT2D eigenvalue weighted by molar-refractivity contribution is 6.35. The number of nitrogens with two attached hydrogens (primary N) is 1. The highest BCUT2D eigenvalue weighted by atomic mass is 35.5. The minimum Gasteiger partial charge on any atom is -0.382 e. The van der Waals surface area contributed by atoms with Gasteiger partial charge in [0, 0.05) is 6.61 Å². The van der Waals surface area contributed by atoms with Crippen molar-refractivity contribution in [1.29, 1.82) is 0 Å². The number of nitrogens with one attached hydrogen (secondary N) is 1. The summed E-state index contributed by atoms with van der Waals surface area (Å²) in [6, 6.07) is 0. The topological polar surface area (TPSA) is 73.1 Å². The standard InChI is InChI=1S/C10H15ClN4O/c1-10(3-2-4-16-5-10)15-9-7(11)8(12)13-6-14-9/h6H,2-5H2,1H3,(H3,12,13,14,15). The Morgan fingerprint density at radius 3 is 3.06 bits per heavy atom. The summed E-state index contributed by atoms with van der Waals surface area (Å²) in [6.45, 7) is 3.55. The molecule has 88 valence electrons. The third-order valence-corrected chi connectivity index (χ3v) is 3.05. The monoisotopic (exact) mass is 242 g/mol. The normalized spacial score (nSPS) is 25.4. The Morgan fingerprint density at radius 2 is 2.38 bits per heavy atom. The summed E-state index contributed by atoms with van der Waals surface area (Å²) in [7, 11) is 0. The van der Waals surface area contributed by atoms with Gasteiger partial charge in [-0.3, -0.25) is 0 Å². The number of rotatable bonds is 2. The van der Waals surface area contributed by atoms with Crippen LogP contribution in [0.15, 0.2) is 6.33 Å². The minimum atomic E-state index is -0.136. The largest absolute Gasteiger partial charge is 0.382 e. The first kappa shape index (κ1) is 11.4. The molecule has 0 bridgehead atoms. The van der Waals surface area contributed by atoms with Crippen LogP contribution in [0.5, 0.6) is 0 Å². The fourth-order valence-electron chi connectivity index (χ4n) is 1.79. The van der Waals surface area contributed by atoms with E-state index in [9.17, 15) is 0 Å². The third-order valence-electron chi connectivity index (χ3n) is 2.67. The van der Waals surface area contributed by atoms with Gasteiger partial charge >= 0.3 is 0 Å². The number of anilines is 2. The zero-order chi connectivity index (χ0) is 11.6. The molecule has 1 unspecified atom stereocenters. The van der Waals surface area contributed by atoms with Gasteiger partial charge in [-0.05, 0) is 19.8 Å². The summed E-state index contributed by atoms with van der Waals surface area (Å²) in [5.74, 6) is 0.863. The Hall–Kier alpha value is -1.07. The van der Waals surface area contributed by atoms with Crippen LogP contribution in [0.2, 0.25) is 5.02 Å². The molecule has 16 heavy (non-hydrogen) atoms. The summed E-state index contributed by atoms with van der Waals surface area (Å²) < 4.78 is 5.45. The summed E-state index contributed by atoms with van der Waals surface area (Å²) in [6.07, 6.45) is 3.45. The van der Waals surface area contributed by atoms with Crippen molar-refractivity contribution in [2.45, 2.75) is 25.3 Å². The van der Waals surface area contributed by atoms with Gasteiger partial charge in [-0.25, -0.2) is 9.97 Å². The average molecular weight is 243 g/mol. The molecule has 3 N–H and O–H groups in total. The predicted octanol–water partition coefficient (Wildman–Crippen LogP) is 1.69. The van der Waals surface area contributed by atoms with Gasteiger partial charge in [0.05, 0.1) is 12.1 Å². The van der Waals surface area contributed by atoms with E-state index in [1.165, 1.54) is 6.33 Å². The number of nitrogens with zero attached hydrogens (tertiary/aromatic N) is 2. The minimum absolute atomic E-state index is 0.136. The zero-order valence-corrected chi connectivity index (χ0v) is 9.92. The van der Waals surface area contributed by atoms with Gasteiger partial charge in [0.25, 0.3) is 0 Å². The van der Waals surface area contributed by atoms with Crippen molar-refractivity contribution in [2.24, 2.45) is 0 Å². The molecule has 1 aliphatic heterocycles. The van der Waals surface area contributed by atoms with Crippen LogP contribution in [0.3, 0.4) is 0 Å². The average Bonchev–Trinajstić information content (AvgIpc) is 2.26. The van der Waals surface area contributed by atoms with Gasteiger partial charge in [0.2, 0.25) is 0 Å². The van der Waals surface area contributed by atoms with Crippen molar-refractivity contribution in [3.05, 3.63) is 11.3 Å². The number of hydrogen-bond acceptors (Lipinski definition) is 5. The van der Waals surface area contributed by atoms with Crippen LogP contribution >= 0.6 is 11.6 Å². The smallest absolute Gasteiger partial charge is 0.150 e. The molecule has 6 heteroatoms. The molecule has 0 spiro atoms. The van der Waals surface area contributed by atoms with E-state index in [1.807, 2.05) is 0 Å². The molecule has 2 heterocycles. The van der Waals surface area contributed by atoms with Gasteiger partial charge in [0.1, 0.15) is 17.2 Å². The van der Waals surface area contributed by atoms with E-state index in [0.717, 1.165) is 19.4 Å². The molecule has 0 radical (unpaired) electrons. The van der Waals surface area contributed by atoms with Crippen molar-refractivity contribution in [3.63, 3.8) is 0 Å². The lowest BCUT2D eigenvalue weighted by Crippen LogP contribution is -2.43. The molecule has 0 amide bonds. The fourth-order valence-corrected chi connectivity index (χ4v) is 1.93. The van der Waals surface area contributed by atoms with Crippen molar-refractivity contribution in [1.82, 2.24) is 9.97 Å². The van der Waals surface area contributed by atoms with Gasteiger partial charge in [-0.1, -0.05) is 11.6 Å². The van der Waals surface area contributed by atoms with Crippen LogP contribution in [0.4, 0.5) is 11.6 Å². The second-order valence-electron chi connectivity index (χ2n) is 4.26. The summed E-state index contributed by atoms with van der Waals surface area (Å²) in [5.41, 5.74) is 5.48. The number of nitrogen functional groups attached to an aromatic ring is 1. The Morgan fingerprint density at radius 1 is 1.56 bits per heavy atom. The molecular formula is C10H15ClN4O. The highest BCUT2D eigenvalue weighted by Crippen LogP contribution is 2.29. The van der Waals surface area contributed by atoms with Crippen molar-refractivity contribution < 1.29 is 4.74 Å². The molecule has 1 atom stereocenters. The number of hydrogen-bond donors (Lipinski definition) is 2. The number of aromatic nitrogens is 2. The van der Waals surface area contributed by atoms with Crippen LogP contribution in [0.25, 0.3) is 0 Å². The van der Waals surface area contributed by atoms with Gasteiger partial charge in [-0.2, -0.15) is 0 Å². The molecule has 0 saturated carbocycles. The van der Waals surface area contributed by atoms with Crippen molar-refractivity contribution >= 4 is 23.2 Å². The lowest BCUT2D eigenvalue weighted by Gasteiger charge is -2.34. The molecule has 0 aliphatic carbocycles. The van der Waals surface area contributed by atoms with E-state index in [4.69, 9.17) is 22.1 Å². The molecular weight excluding hydrogens is 228 g/mol. The van der Waals surface area contributed by atoms with Crippen LogP contribution in [-0.2, 0) is 4.74 Å². The lowest BCUT2D eigenvalue weighted by atomic mass is 9.95. The first-order valence-corrected chi connectivity index (χ1v) is 5.60. The highest BCUT2D eigenvalue weighted by Gasteiger charge is 2.28. The number of ether oxygens (including phenoxy) is 1. The molecule has 1 aromatic heterocycles. The Kier molecular flexibility index (Phi) is 3.16. The van der Waals surface area contributed by atoms with Crippen LogP contribution < -0.4 is 11.1 Å². The van der Waals surface area contributed by atoms with Crippen molar-refractivity contribution in [3.8, 4) is 0 Å². The Labute approximate surface area is 99.4 Å². The first-order chi connectivity index (χ1) is 7.61. The second kappa shape index (κ2) is 4.43. The molecule has 5 nitrogen and oxygen atoms in total. The van der Waals surface area contributed by atoms with Crippen LogP contribution in [0.1, 0.15) is 19.8 Å². The molecule has 1 fully saturated rings. The van der Waals surface area contributed by atoms with E-state index in [0.29, 0.717) is 23.3 Å². The molecule has 1 aromatic rings. The van der Waals surface area contributed by atoms with Crippen LogP contribution in [-0.4, -0.2) is 28.7 Å². The summed E-state index contributed by atoms with van der Waals surface area (Å²) in [4.78, 5) is 7.91. The quantitative estimate of drug-likeness (QED) is 0.826. The molecule has 2 rings (SSSR count). The van der Waals surface area contributed by atoms with Crippen molar-refractivity contribution in [2.75, 3.05) is 24.3 Å². The SMILES string of the molecule is CC1(Nc2ncnc(N)c2Cl)CCCOC1. The maximum absolute atomic E-state index is 6.02. The Balaban J connectivity index is 2.16. The molecule has 1 saturated heterocycles. The van der Waals surface area contributed by atoms with Gasteiger partial charge < -0.3 is 15.8 Å². The predicted molar refractivity (Wildman–Crippen MR) is 63.5 cm³/mol. The lowest BCUT2D eigenvalue weighted by molar-refractivity contribution is 0.0539. The third kappa shape index (κ3) is 2.36. The van der Waals surface area contributed by atoms with Gasteiger partial charge in [-0.15, -0.1) is 0 Å². The second-order valence-corrected chi connectivity index (χ2v) is 4.64. The van der Waals surface area contributed by atoms with E-state index in [1.54, 1.807) is 0 Å². The van der Waals surface area contributed by atoms with E-state index in [2.05, 4.69) is 22.2 Å². The Bertz CT molecular complexity index is 379. The molecule has 0 aromatic carbocycles. The molecule has 1 aliphatic rings. The zero-order valence-electron chi connectivity index (χ0n) is 9.16. The van der Waals surface area contributed by atoms with E-state index in [-0.39, 0.29) is 5.54 Å². The van der Waals surface area contributed by atoms with E-state index >= 15 is 0 Å². The maximum atomic E-state index is 6.02. The first-order valence-electron chi connectivity index (χ1n) is 5.23. The maximum Gasteiger partial charge on any atom is 0.150 e. The van der Waals surface area contributed by atoms with Gasteiger partial charge in [0.15, 0.2) is 5.82 Å². The number of halogens is 1. The van der Waals surface area contributed by atoms with E-state index < -0.39 is 0 Å². The summed E-state index contributed by atoms with van der Waals surface area (Å²) in [5, 5.41) is 3.65. The summed E-state index contributed by atoms with van der Waals surface area (Å²) >= 11 is 6.02.